The van der Waals surface area contributed by atoms with Crippen molar-refractivity contribution in [2.75, 3.05) is 6.54 Å². The lowest BCUT2D eigenvalue weighted by Gasteiger charge is -2.28. The molecule has 0 aliphatic carbocycles. The van der Waals surface area contributed by atoms with Crippen LogP contribution in [0.4, 0.5) is 0 Å². The van der Waals surface area contributed by atoms with Gasteiger partial charge in [0.15, 0.2) is 5.96 Å². The van der Waals surface area contributed by atoms with Crippen molar-refractivity contribution < 1.29 is 44.1 Å². The average molecular weight is 532 g/mol. The van der Waals surface area contributed by atoms with Gasteiger partial charge in [-0.1, -0.05) is 20.3 Å². The predicted molar refractivity (Wildman–Crippen MR) is 129 cm³/mol. The number of rotatable bonds is 18. The highest BCUT2D eigenvalue weighted by molar-refractivity contribution is 5.95. The zero-order chi connectivity index (χ0) is 28.7. The quantitative estimate of drug-likeness (QED) is 0.0499. The fourth-order valence-corrected chi connectivity index (χ4v) is 3.10. The molecule has 0 saturated heterocycles. The van der Waals surface area contributed by atoms with Crippen LogP contribution in [0.2, 0.25) is 0 Å². The maximum atomic E-state index is 13.0. The molecule has 5 atom stereocenters. The summed E-state index contributed by atoms with van der Waals surface area (Å²) < 4.78 is 0. The van der Waals surface area contributed by atoms with Gasteiger partial charge in [0.25, 0.3) is 0 Å². The molecule has 12 N–H and O–H groups in total. The van der Waals surface area contributed by atoms with Crippen molar-refractivity contribution in [2.24, 2.45) is 17.4 Å². The number of aliphatic carboxylic acids is 3. The summed E-state index contributed by atoms with van der Waals surface area (Å²) in [7, 11) is 0. The zero-order valence-corrected chi connectivity index (χ0v) is 20.8. The van der Waals surface area contributed by atoms with Crippen LogP contribution in [0, 0.1) is 11.3 Å². The Kier molecular flexibility index (Phi) is 14.9. The lowest BCUT2D eigenvalue weighted by molar-refractivity contribution is -0.143. The van der Waals surface area contributed by atoms with E-state index in [0.29, 0.717) is 6.42 Å². The van der Waals surface area contributed by atoms with E-state index in [1.165, 1.54) is 0 Å². The molecule has 0 rings (SSSR count). The van der Waals surface area contributed by atoms with Gasteiger partial charge in [0.1, 0.15) is 18.1 Å². The number of nitrogens with two attached hydrogens (primary N) is 2. The molecule has 0 aromatic heterocycles. The van der Waals surface area contributed by atoms with Crippen molar-refractivity contribution in [1.29, 1.82) is 5.41 Å². The third-order valence-corrected chi connectivity index (χ3v) is 5.40. The molecule has 0 aromatic rings. The Morgan fingerprint density at radius 3 is 1.95 bits per heavy atom. The molecule has 16 heteroatoms. The first-order valence-electron chi connectivity index (χ1n) is 11.6. The van der Waals surface area contributed by atoms with Crippen molar-refractivity contribution in [3.05, 3.63) is 0 Å². The summed E-state index contributed by atoms with van der Waals surface area (Å²) in [5.41, 5.74) is 10.7. The van der Waals surface area contributed by atoms with Gasteiger partial charge in [-0.05, 0) is 25.2 Å². The molecule has 0 aromatic carbocycles. The van der Waals surface area contributed by atoms with Crippen molar-refractivity contribution in [3.63, 3.8) is 0 Å². The topological polar surface area (TPSA) is 287 Å². The number of carboxylic acid groups (broad SMARTS) is 3. The minimum Gasteiger partial charge on any atom is -0.481 e. The average Bonchev–Trinajstić information content (AvgIpc) is 2.79. The van der Waals surface area contributed by atoms with Crippen LogP contribution < -0.4 is 32.7 Å². The molecule has 37 heavy (non-hydrogen) atoms. The number of carboxylic acids is 3. The van der Waals surface area contributed by atoms with E-state index in [1.807, 2.05) is 0 Å². The van der Waals surface area contributed by atoms with Crippen molar-refractivity contribution in [2.45, 2.75) is 76.5 Å². The van der Waals surface area contributed by atoms with E-state index in [4.69, 9.17) is 27.1 Å². The first-order valence-corrected chi connectivity index (χ1v) is 11.6. The number of carbonyl (C=O) groups is 6. The number of guanidine groups is 1. The van der Waals surface area contributed by atoms with Gasteiger partial charge in [0.2, 0.25) is 17.7 Å². The first kappa shape index (κ1) is 33.0. The van der Waals surface area contributed by atoms with Gasteiger partial charge in [-0.15, -0.1) is 0 Å². The molecule has 0 aliphatic heterocycles. The summed E-state index contributed by atoms with van der Waals surface area (Å²) in [5, 5.41) is 43.9. The van der Waals surface area contributed by atoms with E-state index in [0.717, 1.165) is 0 Å². The van der Waals surface area contributed by atoms with Crippen LogP contribution in [-0.4, -0.2) is 87.6 Å². The molecule has 210 valence electrons. The van der Waals surface area contributed by atoms with Crippen molar-refractivity contribution >= 4 is 41.6 Å². The van der Waals surface area contributed by atoms with Gasteiger partial charge in [-0.2, -0.15) is 0 Å². The van der Waals surface area contributed by atoms with Gasteiger partial charge in [-0.3, -0.25) is 29.4 Å². The van der Waals surface area contributed by atoms with Crippen LogP contribution in [0.5, 0.6) is 0 Å². The summed E-state index contributed by atoms with van der Waals surface area (Å²) >= 11 is 0. The highest BCUT2D eigenvalue weighted by atomic mass is 16.4. The van der Waals surface area contributed by atoms with Gasteiger partial charge >= 0.3 is 17.9 Å². The molecular formula is C21H37N7O9. The fraction of sp³-hybridized carbons (Fsp3) is 0.667. The maximum absolute atomic E-state index is 13.0. The van der Waals surface area contributed by atoms with Gasteiger partial charge in [0.05, 0.1) is 12.5 Å². The summed E-state index contributed by atoms with van der Waals surface area (Å²) in [5.74, 6) is -7.43. The van der Waals surface area contributed by atoms with Crippen LogP contribution in [0.3, 0.4) is 0 Å². The summed E-state index contributed by atoms with van der Waals surface area (Å²) in [6, 6.07) is -5.48. The molecule has 0 spiro atoms. The molecule has 0 aliphatic rings. The second kappa shape index (κ2) is 16.7. The van der Waals surface area contributed by atoms with Gasteiger partial charge in [0, 0.05) is 13.0 Å². The highest BCUT2D eigenvalue weighted by Crippen LogP contribution is 2.11. The number of hydrogen-bond donors (Lipinski definition) is 10. The molecule has 0 bridgehead atoms. The Labute approximate surface area is 213 Å². The minimum absolute atomic E-state index is 0.00128. The Hall–Kier alpha value is -3.95. The van der Waals surface area contributed by atoms with Crippen LogP contribution in [-0.2, 0) is 28.8 Å². The lowest BCUT2D eigenvalue weighted by atomic mass is 9.96. The molecule has 0 heterocycles. The first-order chi connectivity index (χ1) is 17.2. The van der Waals surface area contributed by atoms with Crippen LogP contribution in [0.1, 0.15) is 52.4 Å². The number of nitrogens with one attached hydrogen (secondary N) is 5. The second-order valence-corrected chi connectivity index (χ2v) is 8.45. The predicted octanol–water partition coefficient (Wildman–Crippen LogP) is -2.50. The Balaban J connectivity index is 5.56. The lowest BCUT2D eigenvalue weighted by Crippen LogP contribution is -2.58. The van der Waals surface area contributed by atoms with E-state index in [2.05, 4.69) is 21.3 Å². The molecular weight excluding hydrogens is 494 g/mol. The van der Waals surface area contributed by atoms with E-state index in [9.17, 15) is 33.9 Å². The van der Waals surface area contributed by atoms with Gasteiger partial charge in [-0.25, -0.2) is 4.79 Å². The summed E-state index contributed by atoms with van der Waals surface area (Å²) in [4.78, 5) is 71.6. The Bertz CT molecular complexity index is 852. The number of amides is 3. The molecule has 0 fully saturated rings. The second-order valence-electron chi connectivity index (χ2n) is 8.45. The molecule has 0 radical (unpaired) electrons. The molecule has 3 amide bonds. The van der Waals surface area contributed by atoms with Crippen LogP contribution >= 0.6 is 0 Å². The van der Waals surface area contributed by atoms with E-state index >= 15 is 0 Å². The maximum Gasteiger partial charge on any atom is 0.326 e. The number of carbonyl (C=O) groups excluding carboxylic acids is 3. The fourth-order valence-electron chi connectivity index (χ4n) is 3.10. The molecule has 0 saturated carbocycles. The Morgan fingerprint density at radius 1 is 0.865 bits per heavy atom. The minimum atomic E-state index is -1.50. The van der Waals surface area contributed by atoms with Crippen LogP contribution in [0.25, 0.3) is 0 Å². The highest BCUT2D eigenvalue weighted by Gasteiger charge is 2.33. The third kappa shape index (κ3) is 13.6. The Morgan fingerprint density at radius 2 is 1.46 bits per heavy atom. The molecule has 0 unspecified atom stereocenters. The smallest absolute Gasteiger partial charge is 0.326 e. The van der Waals surface area contributed by atoms with Crippen molar-refractivity contribution in [1.82, 2.24) is 21.3 Å². The normalized spacial score (nSPS) is 14.7. The third-order valence-electron chi connectivity index (χ3n) is 5.40. The van der Waals surface area contributed by atoms with Crippen molar-refractivity contribution in [3.8, 4) is 0 Å². The standard InChI is InChI=1S/C21H37N7O9/c1-3-10(2)16(19(35)27-13(20(36)37)5-4-8-25-21(23)24)28-18(34)12(6-7-14(29)30)26-17(33)11(22)9-15(31)32/h10-13,16H,3-9,22H2,1-2H3,(H,26,33)(H,27,35)(H,28,34)(H,29,30)(H,31,32)(H,36,37)(H4,23,24,25)/t10-,11-,12-,13-,16-/m0/s1. The van der Waals surface area contributed by atoms with E-state index in [1.54, 1.807) is 13.8 Å². The van der Waals surface area contributed by atoms with E-state index in [-0.39, 0.29) is 31.8 Å². The van der Waals surface area contributed by atoms with Gasteiger partial charge < -0.3 is 48.1 Å². The molecule has 16 nitrogen and oxygen atoms in total. The summed E-state index contributed by atoms with van der Waals surface area (Å²) in [6.07, 6.45) is -0.966. The van der Waals surface area contributed by atoms with E-state index < -0.39 is 78.6 Å². The zero-order valence-electron chi connectivity index (χ0n) is 20.8. The monoisotopic (exact) mass is 531 g/mol. The summed E-state index contributed by atoms with van der Waals surface area (Å²) in [6.45, 7) is 3.56. The SMILES string of the molecule is CC[C@H](C)[C@H](NC(=O)[C@H](CCC(=O)O)NC(=O)[C@@H](N)CC(=O)O)C(=O)N[C@@H](CCCNC(=N)N)C(=O)O. The largest absolute Gasteiger partial charge is 0.481 e. The number of hydrogen-bond acceptors (Lipinski definition) is 8. The van der Waals surface area contributed by atoms with Crippen LogP contribution in [0.15, 0.2) is 0 Å².